The number of amides is 1. The Hall–Kier alpha value is -3.94. The predicted molar refractivity (Wildman–Crippen MR) is 168 cm³/mol. The molecule has 2 aromatic heterocycles. The molecule has 2 aromatic carbocycles. The Kier molecular flexibility index (Phi) is 8.47. The van der Waals surface area contributed by atoms with Gasteiger partial charge in [-0.05, 0) is 64.2 Å². The van der Waals surface area contributed by atoms with Gasteiger partial charge in [0, 0.05) is 61.7 Å². The number of nitrogens with one attached hydrogen (secondary N) is 2. The van der Waals surface area contributed by atoms with Crippen molar-refractivity contribution < 1.29 is 9.36 Å². The molecule has 0 radical (unpaired) electrons. The number of aryl methyl sites for hydroxylation is 2. The second-order valence-corrected chi connectivity index (χ2v) is 13.9. The van der Waals surface area contributed by atoms with E-state index >= 15 is 0 Å². The van der Waals surface area contributed by atoms with Crippen molar-refractivity contribution in [2.45, 2.75) is 6.92 Å². The van der Waals surface area contributed by atoms with Gasteiger partial charge in [-0.1, -0.05) is 24.8 Å². The molecule has 0 aliphatic carbocycles. The Morgan fingerprint density at radius 1 is 1.12 bits per heavy atom. The molecule has 2 heterocycles. The first-order valence-electron chi connectivity index (χ1n) is 13.1. The van der Waals surface area contributed by atoms with Crippen LogP contribution in [0.25, 0.3) is 22.2 Å². The molecule has 4 rings (SSSR count). The lowest BCUT2D eigenvalue weighted by Crippen LogP contribution is -2.29. The molecule has 210 valence electrons. The molecule has 1 amide bonds. The molecule has 2 N–H and O–H groups in total. The summed E-state index contributed by atoms with van der Waals surface area (Å²) in [7, 11) is 5.36. The summed E-state index contributed by atoms with van der Waals surface area (Å²) in [4.78, 5) is 26.0. The molecule has 0 aliphatic heterocycles. The standard InChI is InChI=1S/C30H38N7O2P/c1-9-28(38)32-24-17-23(20(2)16-26(24)36(5)15-14-35(3)4)33-30-31-18-27(40(7,8)39)29(34-30)22-19-37(6)25-13-11-10-12-21(22)25/h9-13,16-19H,1,14-15H2,2-8H3,(H,32,38)(H,31,33,34). The minimum Gasteiger partial charge on any atom is -0.372 e. The smallest absolute Gasteiger partial charge is 0.247 e. The molecule has 4 aromatic rings. The fourth-order valence-corrected chi connectivity index (χ4v) is 5.59. The van der Waals surface area contributed by atoms with Crippen LogP contribution in [0.3, 0.4) is 0 Å². The number of aromatic nitrogens is 3. The Morgan fingerprint density at radius 3 is 2.52 bits per heavy atom. The van der Waals surface area contributed by atoms with Crippen LogP contribution in [0.5, 0.6) is 0 Å². The van der Waals surface area contributed by atoms with Crippen LogP contribution in [-0.4, -0.2) is 72.9 Å². The van der Waals surface area contributed by atoms with E-state index in [9.17, 15) is 9.36 Å². The summed E-state index contributed by atoms with van der Waals surface area (Å²) in [5.41, 5.74) is 5.85. The van der Waals surface area contributed by atoms with Crippen LogP contribution < -0.4 is 20.8 Å². The van der Waals surface area contributed by atoms with E-state index in [-0.39, 0.29) is 5.91 Å². The second kappa shape index (κ2) is 11.7. The molecule has 0 aliphatic rings. The predicted octanol–water partition coefficient (Wildman–Crippen LogP) is 5.06. The van der Waals surface area contributed by atoms with Gasteiger partial charge in [0.15, 0.2) is 0 Å². The number of hydrogen-bond acceptors (Lipinski definition) is 7. The quantitative estimate of drug-likeness (QED) is 0.207. The Morgan fingerprint density at radius 2 is 1.85 bits per heavy atom. The van der Waals surface area contributed by atoms with Crippen molar-refractivity contribution in [1.82, 2.24) is 19.4 Å². The molecular weight excluding hydrogens is 521 g/mol. The summed E-state index contributed by atoms with van der Waals surface area (Å²) < 4.78 is 15.3. The van der Waals surface area contributed by atoms with Gasteiger partial charge < -0.3 is 29.6 Å². The van der Waals surface area contributed by atoms with Crippen LogP contribution >= 0.6 is 7.14 Å². The maximum atomic E-state index is 13.3. The van der Waals surface area contributed by atoms with Crippen molar-refractivity contribution in [3.63, 3.8) is 0 Å². The van der Waals surface area contributed by atoms with Crippen LogP contribution in [0.1, 0.15) is 5.56 Å². The number of benzene rings is 2. The van der Waals surface area contributed by atoms with Gasteiger partial charge in [-0.2, -0.15) is 0 Å². The SMILES string of the molecule is C=CC(=O)Nc1cc(Nc2ncc(P(C)(C)=O)c(-c3cn(C)c4ccccc34)n2)c(C)cc1N(C)CCN(C)C. The normalized spacial score (nSPS) is 11.6. The highest BCUT2D eigenvalue weighted by atomic mass is 31.2. The molecule has 0 unspecified atom stereocenters. The average Bonchev–Trinajstić information content (AvgIpc) is 3.24. The number of para-hydroxylation sites is 1. The molecule has 0 saturated heterocycles. The van der Waals surface area contributed by atoms with Crippen molar-refractivity contribution in [2.24, 2.45) is 7.05 Å². The van der Waals surface area contributed by atoms with Crippen LogP contribution in [0.2, 0.25) is 0 Å². The molecule has 40 heavy (non-hydrogen) atoms. The van der Waals surface area contributed by atoms with Gasteiger partial charge in [0.1, 0.15) is 7.14 Å². The van der Waals surface area contributed by atoms with Crippen molar-refractivity contribution in [3.05, 3.63) is 67.0 Å². The van der Waals surface area contributed by atoms with E-state index in [1.165, 1.54) is 6.08 Å². The summed E-state index contributed by atoms with van der Waals surface area (Å²) in [6.45, 7) is 10.7. The van der Waals surface area contributed by atoms with E-state index in [1.54, 1.807) is 19.5 Å². The average molecular weight is 560 g/mol. The van der Waals surface area contributed by atoms with Crippen molar-refractivity contribution >= 4 is 52.3 Å². The van der Waals surface area contributed by atoms with E-state index in [0.29, 0.717) is 22.6 Å². The third-order valence-corrected chi connectivity index (χ3v) is 8.32. The summed E-state index contributed by atoms with van der Waals surface area (Å²) in [6.07, 6.45) is 4.93. The zero-order chi connectivity index (χ0) is 29.2. The lowest BCUT2D eigenvalue weighted by Gasteiger charge is -2.26. The lowest BCUT2D eigenvalue weighted by molar-refractivity contribution is -0.111. The molecular formula is C30H38N7O2P. The lowest BCUT2D eigenvalue weighted by atomic mass is 10.1. The number of hydrogen-bond donors (Lipinski definition) is 2. The van der Waals surface area contributed by atoms with Crippen molar-refractivity contribution in [1.29, 1.82) is 0 Å². The third kappa shape index (κ3) is 6.27. The number of anilines is 4. The number of nitrogens with zero attached hydrogens (tertiary/aromatic N) is 5. The summed E-state index contributed by atoms with van der Waals surface area (Å²) in [5.74, 6) is 0.0792. The Labute approximate surface area is 236 Å². The van der Waals surface area contributed by atoms with Gasteiger partial charge >= 0.3 is 0 Å². The summed E-state index contributed by atoms with van der Waals surface area (Å²) in [5, 5.41) is 7.94. The maximum absolute atomic E-state index is 13.3. The van der Waals surface area contributed by atoms with Crippen molar-refractivity contribution in [3.8, 4) is 11.3 Å². The van der Waals surface area contributed by atoms with Crippen LogP contribution in [-0.2, 0) is 16.4 Å². The zero-order valence-electron chi connectivity index (χ0n) is 24.3. The number of likely N-dealkylation sites (N-methyl/N-ethyl adjacent to an activating group) is 2. The minimum absolute atomic E-state index is 0.294. The van der Waals surface area contributed by atoms with Gasteiger partial charge in [-0.15, -0.1) is 0 Å². The van der Waals surface area contributed by atoms with Crippen LogP contribution in [0, 0.1) is 6.92 Å². The fraction of sp³-hybridized carbons (Fsp3) is 0.300. The molecule has 9 nitrogen and oxygen atoms in total. The number of fused-ring (bicyclic) bond motifs is 1. The van der Waals surface area contributed by atoms with E-state index in [4.69, 9.17) is 4.98 Å². The molecule has 0 bridgehead atoms. The van der Waals surface area contributed by atoms with E-state index in [1.807, 2.05) is 76.2 Å². The first-order valence-corrected chi connectivity index (χ1v) is 15.7. The Balaban J connectivity index is 1.79. The first-order chi connectivity index (χ1) is 18.9. The minimum atomic E-state index is -2.69. The van der Waals surface area contributed by atoms with Crippen LogP contribution in [0.15, 0.2) is 61.4 Å². The van der Waals surface area contributed by atoms with Gasteiger partial charge in [-0.25, -0.2) is 9.97 Å². The zero-order valence-corrected chi connectivity index (χ0v) is 25.2. The maximum Gasteiger partial charge on any atom is 0.247 e. The largest absolute Gasteiger partial charge is 0.372 e. The van der Waals surface area contributed by atoms with E-state index < -0.39 is 7.14 Å². The highest BCUT2D eigenvalue weighted by molar-refractivity contribution is 7.70. The molecule has 0 spiro atoms. The highest BCUT2D eigenvalue weighted by Gasteiger charge is 2.23. The highest BCUT2D eigenvalue weighted by Crippen LogP contribution is 2.40. The molecule has 10 heteroatoms. The van der Waals surface area contributed by atoms with Gasteiger partial charge in [0.05, 0.1) is 22.4 Å². The van der Waals surface area contributed by atoms with Gasteiger partial charge in [0.25, 0.3) is 0 Å². The molecule has 0 fully saturated rings. The first kappa shape index (κ1) is 29.1. The monoisotopic (exact) mass is 559 g/mol. The second-order valence-electron chi connectivity index (χ2n) is 10.7. The van der Waals surface area contributed by atoms with E-state index in [2.05, 4.69) is 38.1 Å². The third-order valence-electron chi connectivity index (χ3n) is 6.83. The number of rotatable bonds is 10. The van der Waals surface area contributed by atoms with E-state index in [0.717, 1.165) is 46.5 Å². The fourth-order valence-electron chi connectivity index (χ4n) is 4.58. The number of carbonyl (C=O) groups is 1. The van der Waals surface area contributed by atoms with Gasteiger partial charge in [-0.3, -0.25) is 4.79 Å². The van der Waals surface area contributed by atoms with Gasteiger partial charge in [0.2, 0.25) is 11.9 Å². The number of carbonyl (C=O) groups excluding carboxylic acids is 1. The molecule has 0 saturated carbocycles. The Bertz CT molecular complexity index is 1620. The summed E-state index contributed by atoms with van der Waals surface area (Å²) >= 11 is 0. The van der Waals surface area contributed by atoms with Crippen molar-refractivity contribution in [2.75, 3.05) is 63.1 Å². The summed E-state index contributed by atoms with van der Waals surface area (Å²) in [6, 6.07) is 12.0. The van der Waals surface area contributed by atoms with Crippen LogP contribution in [0.4, 0.5) is 23.0 Å². The molecule has 0 atom stereocenters. The topological polar surface area (TPSA) is 95.4 Å².